The Morgan fingerprint density at radius 1 is 1.60 bits per heavy atom. The molecule has 4 nitrogen and oxygen atoms in total. The predicted molar refractivity (Wildman–Crippen MR) is 82.1 cm³/mol. The van der Waals surface area contributed by atoms with E-state index in [0.717, 1.165) is 50.0 Å². The number of rotatable bonds is 4. The van der Waals surface area contributed by atoms with Crippen molar-refractivity contribution >= 4 is 23.2 Å². The fourth-order valence-electron chi connectivity index (χ4n) is 2.86. The van der Waals surface area contributed by atoms with Crippen LogP contribution in [0.25, 0.3) is 0 Å². The average Bonchev–Trinajstić information content (AvgIpc) is 2.44. The van der Waals surface area contributed by atoms with Crippen LogP contribution in [0.4, 0.5) is 5.69 Å². The lowest BCUT2D eigenvalue weighted by Crippen LogP contribution is -2.48. The molecule has 5 heteroatoms. The first-order valence-corrected chi connectivity index (χ1v) is 7.59. The van der Waals surface area contributed by atoms with Crippen molar-refractivity contribution < 1.29 is 4.79 Å². The summed E-state index contributed by atoms with van der Waals surface area (Å²) in [7, 11) is 0. The summed E-state index contributed by atoms with van der Waals surface area (Å²) >= 11 is 5.91. The van der Waals surface area contributed by atoms with Crippen molar-refractivity contribution in [3.05, 3.63) is 23.0 Å². The van der Waals surface area contributed by atoms with Crippen molar-refractivity contribution in [2.75, 3.05) is 18.4 Å². The molecule has 1 aromatic rings. The summed E-state index contributed by atoms with van der Waals surface area (Å²) in [5.74, 6) is 0.0927. The number of carbonyl (C=O) groups is 1. The van der Waals surface area contributed by atoms with E-state index < -0.39 is 0 Å². The van der Waals surface area contributed by atoms with Crippen LogP contribution in [-0.2, 0) is 4.79 Å². The maximum Gasteiger partial charge on any atom is 0.231 e. The molecular weight excluding hydrogens is 274 g/mol. The zero-order valence-corrected chi connectivity index (χ0v) is 12.9. The van der Waals surface area contributed by atoms with Crippen LogP contribution in [0.1, 0.15) is 38.2 Å². The number of pyridine rings is 1. The van der Waals surface area contributed by atoms with Gasteiger partial charge in [0.1, 0.15) is 5.15 Å². The molecule has 1 atom stereocenters. The zero-order valence-electron chi connectivity index (χ0n) is 12.1. The van der Waals surface area contributed by atoms with E-state index in [1.807, 2.05) is 13.0 Å². The summed E-state index contributed by atoms with van der Waals surface area (Å²) in [6, 6.07) is 1.86. The molecule has 2 rings (SSSR count). The van der Waals surface area contributed by atoms with Crippen molar-refractivity contribution in [2.24, 2.45) is 5.41 Å². The predicted octanol–water partition coefficient (Wildman–Crippen LogP) is 3.15. The second-order valence-corrected chi connectivity index (χ2v) is 5.95. The van der Waals surface area contributed by atoms with Gasteiger partial charge in [-0.2, -0.15) is 0 Å². The van der Waals surface area contributed by atoms with Crippen LogP contribution in [0.15, 0.2) is 12.3 Å². The molecular formula is C15H22ClN3O. The first kappa shape index (κ1) is 15.3. The van der Waals surface area contributed by atoms with E-state index in [9.17, 15) is 4.79 Å². The van der Waals surface area contributed by atoms with E-state index in [4.69, 9.17) is 11.6 Å². The van der Waals surface area contributed by atoms with Crippen molar-refractivity contribution in [3.8, 4) is 0 Å². The molecule has 0 spiro atoms. The summed E-state index contributed by atoms with van der Waals surface area (Å²) in [5.41, 5.74) is 1.30. The van der Waals surface area contributed by atoms with Gasteiger partial charge in [0.25, 0.3) is 0 Å². The molecule has 1 aliphatic heterocycles. The van der Waals surface area contributed by atoms with Crippen molar-refractivity contribution in [2.45, 2.75) is 39.5 Å². The van der Waals surface area contributed by atoms with Gasteiger partial charge in [-0.05, 0) is 44.4 Å². The minimum Gasteiger partial charge on any atom is -0.324 e. The largest absolute Gasteiger partial charge is 0.324 e. The van der Waals surface area contributed by atoms with E-state index in [1.54, 1.807) is 6.20 Å². The minimum absolute atomic E-state index is 0.0927. The number of aryl methyl sites for hydroxylation is 1. The first-order valence-electron chi connectivity index (χ1n) is 7.22. The van der Waals surface area contributed by atoms with Gasteiger partial charge in [-0.1, -0.05) is 24.9 Å². The van der Waals surface area contributed by atoms with Crippen molar-refractivity contribution in [1.29, 1.82) is 0 Å². The Balaban J connectivity index is 2.13. The van der Waals surface area contributed by atoms with Crippen LogP contribution in [0.3, 0.4) is 0 Å². The minimum atomic E-state index is -0.291. The third-order valence-electron chi connectivity index (χ3n) is 3.95. The molecule has 0 aliphatic carbocycles. The van der Waals surface area contributed by atoms with E-state index in [1.165, 1.54) is 0 Å². The second-order valence-electron chi connectivity index (χ2n) is 5.60. The monoisotopic (exact) mass is 295 g/mol. The standard InChI is InChI=1S/C15H22ClN3O/c1-3-5-15(6-4-7-17-10-15)14(20)19-12-8-11(2)13(16)18-9-12/h8-9,17H,3-7,10H2,1-2H3,(H,19,20). The topological polar surface area (TPSA) is 54.0 Å². The van der Waals surface area contributed by atoms with E-state index in [0.29, 0.717) is 5.15 Å². The Hall–Kier alpha value is -1.13. The molecule has 0 bridgehead atoms. The molecule has 1 aromatic heterocycles. The average molecular weight is 296 g/mol. The Labute approximate surface area is 125 Å². The SMILES string of the molecule is CCCC1(C(=O)Nc2cnc(Cl)c(C)c2)CCCNC1. The van der Waals surface area contributed by atoms with Crippen LogP contribution < -0.4 is 10.6 Å². The molecule has 1 saturated heterocycles. The van der Waals surface area contributed by atoms with E-state index in [-0.39, 0.29) is 11.3 Å². The summed E-state index contributed by atoms with van der Waals surface area (Å²) in [4.78, 5) is 16.7. The van der Waals surface area contributed by atoms with Gasteiger partial charge in [-0.25, -0.2) is 4.98 Å². The van der Waals surface area contributed by atoms with Crippen molar-refractivity contribution in [1.82, 2.24) is 10.3 Å². The molecule has 1 fully saturated rings. The van der Waals surface area contributed by atoms with Crippen LogP contribution in [0, 0.1) is 12.3 Å². The maximum absolute atomic E-state index is 12.7. The van der Waals surface area contributed by atoms with Crippen LogP contribution >= 0.6 is 11.6 Å². The lowest BCUT2D eigenvalue weighted by molar-refractivity contribution is -0.127. The van der Waals surface area contributed by atoms with Gasteiger partial charge in [0.05, 0.1) is 17.3 Å². The normalized spacial score (nSPS) is 22.6. The van der Waals surface area contributed by atoms with Gasteiger partial charge >= 0.3 is 0 Å². The fraction of sp³-hybridized carbons (Fsp3) is 0.600. The molecule has 0 saturated carbocycles. The number of hydrogen-bond acceptors (Lipinski definition) is 3. The smallest absolute Gasteiger partial charge is 0.231 e. The summed E-state index contributed by atoms with van der Waals surface area (Å²) in [6.07, 6.45) is 5.52. The quantitative estimate of drug-likeness (QED) is 0.839. The number of anilines is 1. The van der Waals surface area contributed by atoms with Crippen molar-refractivity contribution in [3.63, 3.8) is 0 Å². The highest BCUT2D eigenvalue weighted by atomic mass is 35.5. The van der Waals surface area contributed by atoms with Gasteiger partial charge in [-0.3, -0.25) is 4.79 Å². The number of amides is 1. The Morgan fingerprint density at radius 2 is 2.40 bits per heavy atom. The number of halogens is 1. The number of nitrogens with zero attached hydrogens (tertiary/aromatic N) is 1. The lowest BCUT2D eigenvalue weighted by Gasteiger charge is -2.36. The molecule has 2 N–H and O–H groups in total. The number of piperidine rings is 1. The number of aromatic nitrogens is 1. The van der Waals surface area contributed by atoms with Gasteiger partial charge in [-0.15, -0.1) is 0 Å². The number of nitrogens with one attached hydrogen (secondary N) is 2. The zero-order chi connectivity index (χ0) is 14.6. The Morgan fingerprint density at radius 3 is 3.00 bits per heavy atom. The molecule has 0 radical (unpaired) electrons. The number of hydrogen-bond donors (Lipinski definition) is 2. The Kier molecular flexibility index (Phi) is 5.00. The molecule has 110 valence electrons. The van der Waals surface area contributed by atoms with Gasteiger partial charge in [0, 0.05) is 6.54 Å². The van der Waals surface area contributed by atoms with E-state index >= 15 is 0 Å². The molecule has 1 amide bonds. The third kappa shape index (κ3) is 3.30. The molecule has 1 unspecified atom stereocenters. The first-order chi connectivity index (χ1) is 9.57. The highest BCUT2D eigenvalue weighted by Crippen LogP contribution is 2.33. The maximum atomic E-state index is 12.7. The van der Waals surface area contributed by atoms with E-state index in [2.05, 4.69) is 22.5 Å². The lowest BCUT2D eigenvalue weighted by atomic mass is 9.76. The summed E-state index contributed by atoms with van der Waals surface area (Å²) < 4.78 is 0. The van der Waals surface area contributed by atoms with Gasteiger partial charge < -0.3 is 10.6 Å². The molecule has 2 heterocycles. The van der Waals surface area contributed by atoms with Crippen LogP contribution in [0.2, 0.25) is 5.15 Å². The molecule has 1 aliphatic rings. The van der Waals surface area contributed by atoms with Gasteiger partial charge in [0.2, 0.25) is 5.91 Å². The number of carbonyl (C=O) groups excluding carboxylic acids is 1. The summed E-state index contributed by atoms with van der Waals surface area (Å²) in [6.45, 7) is 5.76. The second kappa shape index (κ2) is 6.55. The highest BCUT2D eigenvalue weighted by molar-refractivity contribution is 6.30. The van der Waals surface area contributed by atoms with Crippen LogP contribution in [-0.4, -0.2) is 24.0 Å². The van der Waals surface area contributed by atoms with Gasteiger partial charge in [0.15, 0.2) is 0 Å². The third-order valence-corrected chi connectivity index (χ3v) is 4.35. The highest BCUT2D eigenvalue weighted by Gasteiger charge is 2.38. The Bertz CT molecular complexity index is 478. The van der Waals surface area contributed by atoms with Crippen LogP contribution in [0.5, 0.6) is 0 Å². The summed E-state index contributed by atoms with van der Waals surface area (Å²) in [5, 5.41) is 6.83. The fourth-order valence-corrected chi connectivity index (χ4v) is 2.96. The molecule has 0 aromatic carbocycles. The molecule has 20 heavy (non-hydrogen) atoms.